The monoisotopic (exact) mass is 497 g/mol. The van der Waals surface area contributed by atoms with Gasteiger partial charge < -0.3 is 15.3 Å². The summed E-state index contributed by atoms with van der Waals surface area (Å²) < 4.78 is 0. The number of carbonyl (C=O) groups is 1. The highest BCUT2D eigenvalue weighted by atomic mass is 16.3. The minimum Gasteiger partial charge on any atom is -0.393 e. The maximum atomic E-state index is 12.5. The van der Waals surface area contributed by atoms with E-state index in [9.17, 15) is 9.90 Å². The van der Waals surface area contributed by atoms with Gasteiger partial charge in [0.15, 0.2) is 0 Å². The Morgan fingerprint density at radius 3 is 2.33 bits per heavy atom. The molecule has 4 fully saturated rings. The summed E-state index contributed by atoms with van der Waals surface area (Å²) in [6.45, 7) is 12.0. The van der Waals surface area contributed by atoms with Gasteiger partial charge in [-0.3, -0.25) is 9.69 Å². The van der Waals surface area contributed by atoms with Crippen LogP contribution in [0.4, 0.5) is 5.82 Å². The van der Waals surface area contributed by atoms with Gasteiger partial charge in [0.05, 0.1) is 6.10 Å². The SMILES string of the molecule is CC(C)(C)c1nc(C2CCC2)cc(N2CCN(CC[C@H]3C[C@H](NC(=O)C4CCC(O)CC4)C3)CC2)n1. The molecule has 0 radical (unpaired) electrons. The molecule has 3 saturated carbocycles. The lowest BCUT2D eigenvalue weighted by molar-refractivity contribution is -0.128. The van der Waals surface area contributed by atoms with Gasteiger partial charge in [-0.25, -0.2) is 9.97 Å². The highest BCUT2D eigenvalue weighted by molar-refractivity contribution is 5.79. The second-order valence-corrected chi connectivity index (χ2v) is 13.0. The molecule has 1 saturated heterocycles. The zero-order chi connectivity index (χ0) is 25.3. The predicted octanol–water partition coefficient (Wildman–Crippen LogP) is 4.00. The van der Waals surface area contributed by atoms with E-state index in [0.29, 0.717) is 12.0 Å². The molecule has 4 aliphatic rings. The smallest absolute Gasteiger partial charge is 0.223 e. The Kier molecular flexibility index (Phi) is 7.87. The van der Waals surface area contributed by atoms with Crippen molar-refractivity contribution in [1.29, 1.82) is 0 Å². The zero-order valence-corrected chi connectivity index (χ0v) is 22.7. The van der Waals surface area contributed by atoms with Crippen molar-refractivity contribution >= 4 is 11.7 Å². The number of aromatic nitrogens is 2. The third kappa shape index (κ3) is 6.21. The van der Waals surface area contributed by atoms with E-state index in [1.807, 2.05) is 0 Å². The van der Waals surface area contributed by atoms with Gasteiger partial charge in [0, 0.05) is 61.2 Å². The summed E-state index contributed by atoms with van der Waals surface area (Å²) in [4.78, 5) is 27.6. The third-order valence-corrected chi connectivity index (χ3v) is 9.13. The number of hydrogen-bond acceptors (Lipinski definition) is 6. The molecule has 200 valence electrons. The molecule has 36 heavy (non-hydrogen) atoms. The minimum absolute atomic E-state index is 0.0324. The number of rotatable bonds is 7. The maximum absolute atomic E-state index is 12.5. The van der Waals surface area contributed by atoms with Gasteiger partial charge in [0.2, 0.25) is 5.91 Å². The third-order valence-electron chi connectivity index (χ3n) is 9.13. The number of aliphatic hydroxyl groups is 1. The van der Waals surface area contributed by atoms with Crippen LogP contribution in [0.2, 0.25) is 0 Å². The highest BCUT2D eigenvalue weighted by Gasteiger charge is 2.34. The first-order chi connectivity index (χ1) is 17.2. The van der Waals surface area contributed by atoms with Crippen molar-refractivity contribution in [3.63, 3.8) is 0 Å². The summed E-state index contributed by atoms with van der Waals surface area (Å²) in [5, 5.41) is 12.9. The number of aliphatic hydroxyl groups excluding tert-OH is 1. The van der Waals surface area contributed by atoms with Gasteiger partial charge in [0.25, 0.3) is 0 Å². The molecule has 5 rings (SSSR count). The highest BCUT2D eigenvalue weighted by Crippen LogP contribution is 2.37. The molecule has 3 aliphatic carbocycles. The molecule has 0 unspecified atom stereocenters. The average molecular weight is 498 g/mol. The van der Waals surface area contributed by atoms with E-state index in [0.717, 1.165) is 88.8 Å². The topological polar surface area (TPSA) is 81.6 Å². The normalized spacial score (nSPS) is 29.9. The molecule has 0 spiro atoms. The van der Waals surface area contributed by atoms with E-state index in [4.69, 9.17) is 9.97 Å². The van der Waals surface area contributed by atoms with Crippen LogP contribution in [0, 0.1) is 11.8 Å². The van der Waals surface area contributed by atoms with E-state index < -0.39 is 0 Å². The molecule has 1 amide bonds. The van der Waals surface area contributed by atoms with Gasteiger partial charge in [-0.1, -0.05) is 27.2 Å². The van der Waals surface area contributed by atoms with Crippen LogP contribution in [-0.2, 0) is 10.2 Å². The van der Waals surface area contributed by atoms with Crippen molar-refractivity contribution in [2.45, 2.75) is 108 Å². The molecule has 1 aromatic heterocycles. The van der Waals surface area contributed by atoms with Crippen LogP contribution in [0.3, 0.4) is 0 Å². The molecule has 2 heterocycles. The molecule has 2 N–H and O–H groups in total. The second-order valence-electron chi connectivity index (χ2n) is 13.0. The van der Waals surface area contributed by atoms with Gasteiger partial charge >= 0.3 is 0 Å². The number of nitrogens with zero attached hydrogens (tertiary/aromatic N) is 4. The van der Waals surface area contributed by atoms with Crippen LogP contribution in [-0.4, -0.2) is 70.8 Å². The fourth-order valence-electron chi connectivity index (χ4n) is 6.18. The Balaban J connectivity index is 1.04. The van der Waals surface area contributed by atoms with Crippen LogP contribution >= 0.6 is 0 Å². The maximum Gasteiger partial charge on any atom is 0.223 e. The van der Waals surface area contributed by atoms with Crippen molar-refractivity contribution in [3.05, 3.63) is 17.6 Å². The summed E-state index contributed by atoms with van der Waals surface area (Å²) in [6.07, 6.45) is 10.4. The number of anilines is 1. The fraction of sp³-hybridized carbons (Fsp3) is 0.828. The van der Waals surface area contributed by atoms with Gasteiger partial charge in [-0.2, -0.15) is 0 Å². The molecule has 1 aromatic rings. The van der Waals surface area contributed by atoms with Crippen molar-refractivity contribution in [2.75, 3.05) is 37.6 Å². The molecule has 7 nitrogen and oxygen atoms in total. The molecule has 0 aromatic carbocycles. The first-order valence-electron chi connectivity index (χ1n) is 14.6. The summed E-state index contributed by atoms with van der Waals surface area (Å²) in [5.41, 5.74) is 1.22. The first kappa shape index (κ1) is 25.9. The van der Waals surface area contributed by atoms with E-state index >= 15 is 0 Å². The number of amides is 1. The van der Waals surface area contributed by atoms with Gasteiger partial charge in [-0.05, 0) is 70.3 Å². The molecular weight excluding hydrogens is 450 g/mol. The molecule has 0 bridgehead atoms. The molecule has 0 atom stereocenters. The van der Waals surface area contributed by atoms with E-state index in [-0.39, 0.29) is 23.3 Å². The quantitative estimate of drug-likeness (QED) is 0.593. The summed E-state index contributed by atoms with van der Waals surface area (Å²) in [6, 6.07) is 2.64. The number of nitrogens with one attached hydrogen (secondary N) is 1. The Morgan fingerprint density at radius 2 is 1.72 bits per heavy atom. The summed E-state index contributed by atoms with van der Waals surface area (Å²) in [5.74, 6) is 3.81. The van der Waals surface area contributed by atoms with Crippen molar-refractivity contribution in [3.8, 4) is 0 Å². The Hall–Kier alpha value is -1.73. The lowest BCUT2D eigenvalue weighted by atomic mass is 9.77. The van der Waals surface area contributed by atoms with Crippen molar-refractivity contribution in [1.82, 2.24) is 20.2 Å². The largest absolute Gasteiger partial charge is 0.393 e. The Morgan fingerprint density at radius 1 is 1.03 bits per heavy atom. The second kappa shape index (κ2) is 10.9. The lowest BCUT2D eigenvalue weighted by Crippen LogP contribution is -2.49. The van der Waals surface area contributed by atoms with E-state index in [2.05, 4.69) is 42.0 Å². The van der Waals surface area contributed by atoms with Gasteiger partial charge in [0.1, 0.15) is 11.6 Å². The zero-order valence-electron chi connectivity index (χ0n) is 22.7. The van der Waals surface area contributed by atoms with E-state index in [1.54, 1.807) is 0 Å². The summed E-state index contributed by atoms with van der Waals surface area (Å²) in [7, 11) is 0. The summed E-state index contributed by atoms with van der Waals surface area (Å²) >= 11 is 0. The number of hydrogen-bond donors (Lipinski definition) is 2. The van der Waals surface area contributed by atoms with Crippen LogP contribution in [0.15, 0.2) is 6.07 Å². The minimum atomic E-state index is -0.198. The van der Waals surface area contributed by atoms with Crippen LogP contribution < -0.4 is 10.2 Å². The van der Waals surface area contributed by atoms with E-state index in [1.165, 1.54) is 31.4 Å². The average Bonchev–Trinajstić information content (AvgIpc) is 2.79. The molecular formula is C29H47N5O2. The Labute approximate surface area is 217 Å². The van der Waals surface area contributed by atoms with Crippen LogP contribution in [0.1, 0.15) is 102 Å². The van der Waals surface area contributed by atoms with Crippen molar-refractivity contribution < 1.29 is 9.90 Å². The lowest BCUT2D eigenvalue weighted by Gasteiger charge is -2.40. The number of piperazine rings is 1. The molecule has 1 aliphatic heterocycles. The number of carbonyl (C=O) groups excluding carboxylic acids is 1. The first-order valence-corrected chi connectivity index (χ1v) is 14.6. The van der Waals surface area contributed by atoms with Crippen LogP contribution in [0.25, 0.3) is 0 Å². The Bertz CT molecular complexity index is 889. The fourth-order valence-corrected chi connectivity index (χ4v) is 6.18. The molecule has 7 heteroatoms. The predicted molar refractivity (Wildman–Crippen MR) is 143 cm³/mol. The standard InChI is InChI=1S/C29H47N5O2/c1-29(2,3)28-31-25(21-5-4-6-21)19-26(32-28)34-15-13-33(14-16-34)12-11-20-17-23(18-20)30-27(36)22-7-9-24(35)10-8-22/h19-24,35H,4-18H2,1-3H3,(H,30,36)/t20-,22?,23-,24?. The van der Waals surface area contributed by atoms with Crippen molar-refractivity contribution in [2.24, 2.45) is 11.8 Å². The van der Waals surface area contributed by atoms with Crippen LogP contribution in [0.5, 0.6) is 0 Å². The van der Waals surface area contributed by atoms with Gasteiger partial charge in [-0.15, -0.1) is 0 Å².